The van der Waals surface area contributed by atoms with Crippen molar-refractivity contribution in [2.24, 2.45) is 5.73 Å². The number of thiophene rings is 1. The molecule has 3 aromatic heterocycles. The monoisotopic (exact) mass is 495 g/mol. The lowest BCUT2D eigenvalue weighted by Gasteiger charge is -2.07. The van der Waals surface area contributed by atoms with Crippen LogP contribution in [0.1, 0.15) is 37.8 Å². The Bertz CT molecular complexity index is 1390. The minimum absolute atomic E-state index is 0.000381. The molecule has 32 heavy (non-hydrogen) atoms. The number of nitrogens with zero attached hydrogens (tertiary/aromatic N) is 2. The number of rotatable bonds is 5. The summed E-state index contributed by atoms with van der Waals surface area (Å²) in [6.07, 6.45) is -2.78. The SMILES string of the molecule is Cc1cc(C(F)F)nc2sc(C(N)=O)c(NC(=O)c3cc(-c4ccc(Cl)c(Cl)c4)n[nH]3)c12. The zero-order chi connectivity index (χ0) is 23.2. The summed E-state index contributed by atoms with van der Waals surface area (Å²) in [7, 11) is 0. The fourth-order valence-corrected chi connectivity index (χ4v) is 4.50. The summed E-state index contributed by atoms with van der Waals surface area (Å²) >= 11 is 12.8. The summed E-state index contributed by atoms with van der Waals surface area (Å²) in [6, 6.07) is 7.61. The number of aryl methyl sites for hydroxylation is 1. The van der Waals surface area contributed by atoms with Gasteiger partial charge in [-0.05, 0) is 36.8 Å². The highest BCUT2D eigenvalue weighted by Gasteiger charge is 2.24. The number of carbonyl (C=O) groups is 2. The third-order valence-corrected chi connectivity index (χ3v) is 6.44. The maximum Gasteiger partial charge on any atom is 0.280 e. The topological polar surface area (TPSA) is 114 Å². The summed E-state index contributed by atoms with van der Waals surface area (Å²) in [4.78, 5) is 28.9. The molecule has 4 rings (SSSR count). The predicted molar refractivity (Wildman–Crippen MR) is 120 cm³/mol. The molecule has 0 radical (unpaired) electrons. The van der Waals surface area contributed by atoms with Crippen LogP contribution in [0.2, 0.25) is 10.0 Å². The number of aromatic amines is 1. The highest BCUT2D eigenvalue weighted by atomic mass is 35.5. The lowest BCUT2D eigenvalue weighted by atomic mass is 10.1. The van der Waals surface area contributed by atoms with E-state index >= 15 is 0 Å². The van der Waals surface area contributed by atoms with Crippen LogP contribution in [0.4, 0.5) is 14.5 Å². The number of H-pyrrole nitrogens is 1. The van der Waals surface area contributed by atoms with Crippen LogP contribution in [0, 0.1) is 6.92 Å². The molecule has 0 bridgehead atoms. The number of nitrogens with one attached hydrogen (secondary N) is 2. The first kappa shape index (κ1) is 22.1. The van der Waals surface area contributed by atoms with Crippen molar-refractivity contribution in [2.75, 3.05) is 5.32 Å². The lowest BCUT2D eigenvalue weighted by molar-refractivity contribution is 0.100. The number of carbonyl (C=O) groups excluding carboxylic acids is 2. The number of alkyl halides is 2. The quantitative estimate of drug-likeness (QED) is 0.334. The van der Waals surface area contributed by atoms with Crippen LogP contribution in [0.3, 0.4) is 0 Å². The van der Waals surface area contributed by atoms with Gasteiger partial charge in [0.1, 0.15) is 21.1 Å². The highest BCUT2D eigenvalue weighted by molar-refractivity contribution is 7.21. The number of halogens is 4. The molecule has 1 aromatic carbocycles. The van der Waals surface area contributed by atoms with E-state index in [-0.39, 0.29) is 21.1 Å². The summed E-state index contributed by atoms with van der Waals surface area (Å²) in [5.74, 6) is -1.43. The molecule has 0 aliphatic carbocycles. The zero-order valence-electron chi connectivity index (χ0n) is 16.2. The molecule has 4 N–H and O–H groups in total. The van der Waals surface area contributed by atoms with E-state index in [4.69, 9.17) is 28.9 Å². The highest BCUT2D eigenvalue weighted by Crippen LogP contribution is 2.38. The first-order valence-corrected chi connectivity index (χ1v) is 10.6. The molecule has 0 fully saturated rings. The van der Waals surface area contributed by atoms with Gasteiger partial charge in [-0.15, -0.1) is 11.3 Å². The van der Waals surface area contributed by atoms with E-state index in [1.54, 1.807) is 25.1 Å². The number of primary amides is 1. The van der Waals surface area contributed by atoms with Crippen molar-refractivity contribution >= 4 is 62.3 Å². The number of nitrogens with two attached hydrogens (primary N) is 1. The van der Waals surface area contributed by atoms with E-state index in [9.17, 15) is 18.4 Å². The number of aromatic nitrogens is 3. The van der Waals surface area contributed by atoms with Crippen molar-refractivity contribution in [3.05, 3.63) is 62.2 Å². The van der Waals surface area contributed by atoms with Crippen LogP contribution in [0.15, 0.2) is 30.3 Å². The molecular formula is C20H13Cl2F2N5O2S. The molecule has 0 aliphatic rings. The van der Waals surface area contributed by atoms with E-state index in [1.807, 2.05) is 0 Å². The van der Waals surface area contributed by atoms with Crippen LogP contribution in [0.25, 0.3) is 21.5 Å². The summed E-state index contributed by atoms with van der Waals surface area (Å²) in [6.45, 7) is 1.58. The number of hydrogen-bond acceptors (Lipinski definition) is 5. The Morgan fingerprint density at radius 1 is 1.19 bits per heavy atom. The first-order chi connectivity index (χ1) is 15.2. The number of amides is 2. The average Bonchev–Trinajstić information content (AvgIpc) is 3.36. The molecule has 0 spiro atoms. The molecular weight excluding hydrogens is 483 g/mol. The molecule has 3 heterocycles. The second-order valence-corrected chi connectivity index (χ2v) is 8.58. The van der Waals surface area contributed by atoms with Gasteiger partial charge in [0.2, 0.25) is 0 Å². The molecule has 0 unspecified atom stereocenters. The molecule has 164 valence electrons. The number of benzene rings is 1. The van der Waals surface area contributed by atoms with Crippen molar-refractivity contribution in [1.29, 1.82) is 0 Å². The Morgan fingerprint density at radius 2 is 1.94 bits per heavy atom. The molecule has 2 amide bonds. The largest absolute Gasteiger partial charge is 0.365 e. The Balaban J connectivity index is 1.71. The van der Waals surface area contributed by atoms with E-state index < -0.39 is 23.9 Å². The number of hydrogen-bond donors (Lipinski definition) is 3. The smallest absolute Gasteiger partial charge is 0.280 e. The minimum Gasteiger partial charge on any atom is -0.365 e. The van der Waals surface area contributed by atoms with E-state index in [0.29, 0.717) is 32.3 Å². The maximum absolute atomic E-state index is 13.1. The number of anilines is 1. The van der Waals surface area contributed by atoms with Crippen molar-refractivity contribution in [3.8, 4) is 11.3 Å². The van der Waals surface area contributed by atoms with Crippen LogP contribution in [0.5, 0.6) is 0 Å². The Kier molecular flexibility index (Phi) is 5.85. The van der Waals surface area contributed by atoms with Gasteiger partial charge in [0, 0.05) is 10.9 Å². The normalized spacial score (nSPS) is 11.3. The Hall–Kier alpha value is -3.08. The molecule has 0 atom stereocenters. The van der Waals surface area contributed by atoms with Crippen LogP contribution >= 0.6 is 34.5 Å². The number of pyridine rings is 1. The molecule has 12 heteroatoms. The molecule has 4 aromatic rings. The number of fused-ring (bicyclic) bond motifs is 1. The van der Waals surface area contributed by atoms with Gasteiger partial charge in [-0.1, -0.05) is 29.3 Å². The minimum atomic E-state index is -2.78. The molecule has 0 aliphatic heterocycles. The molecule has 0 saturated carbocycles. The lowest BCUT2D eigenvalue weighted by Crippen LogP contribution is -2.17. The summed E-state index contributed by atoms with van der Waals surface area (Å²) in [5, 5.41) is 10.4. The van der Waals surface area contributed by atoms with Crippen LogP contribution < -0.4 is 11.1 Å². The fourth-order valence-electron chi connectivity index (χ4n) is 3.13. The van der Waals surface area contributed by atoms with Gasteiger partial charge in [-0.2, -0.15) is 5.10 Å². The Labute approximate surface area is 193 Å². The second kappa shape index (κ2) is 8.45. The molecule has 0 saturated heterocycles. The maximum atomic E-state index is 13.1. The second-order valence-electron chi connectivity index (χ2n) is 6.77. The van der Waals surface area contributed by atoms with Gasteiger partial charge >= 0.3 is 0 Å². The van der Waals surface area contributed by atoms with Gasteiger partial charge in [-0.25, -0.2) is 13.8 Å². The van der Waals surface area contributed by atoms with E-state index in [0.717, 1.165) is 11.3 Å². The van der Waals surface area contributed by atoms with Gasteiger partial charge in [0.05, 0.1) is 21.4 Å². The first-order valence-electron chi connectivity index (χ1n) is 9.00. The van der Waals surface area contributed by atoms with E-state index in [1.165, 1.54) is 12.1 Å². The zero-order valence-corrected chi connectivity index (χ0v) is 18.5. The van der Waals surface area contributed by atoms with Gasteiger partial charge in [0.15, 0.2) is 0 Å². The third-order valence-electron chi connectivity index (χ3n) is 4.60. The standard InChI is InChI=1S/C20H13Cl2F2N5O2S/c1-7-4-12(17(23)24)26-20-14(7)15(16(32-20)18(25)30)27-19(31)13-6-11(28-29-13)8-2-3-9(21)10(22)5-8/h2-6,17H,1H3,(H2,25,30)(H,27,31)(H,28,29). The van der Waals surface area contributed by atoms with Gasteiger partial charge in [-0.3, -0.25) is 14.7 Å². The summed E-state index contributed by atoms with van der Waals surface area (Å²) in [5.41, 5.74) is 6.72. The van der Waals surface area contributed by atoms with Crippen molar-refractivity contribution in [3.63, 3.8) is 0 Å². The predicted octanol–water partition coefficient (Wildman–Crippen LogP) is 5.59. The van der Waals surface area contributed by atoms with Crippen molar-refractivity contribution in [1.82, 2.24) is 15.2 Å². The average molecular weight is 496 g/mol. The van der Waals surface area contributed by atoms with Crippen molar-refractivity contribution in [2.45, 2.75) is 13.3 Å². The van der Waals surface area contributed by atoms with E-state index in [2.05, 4.69) is 20.5 Å². The van der Waals surface area contributed by atoms with Crippen LogP contribution in [-0.2, 0) is 0 Å². The third kappa shape index (κ3) is 4.04. The van der Waals surface area contributed by atoms with Crippen molar-refractivity contribution < 1.29 is 18.4 Å². The van der Waals surface area contributed by atoms with Gasteiger partial charge in [0.25, 0.3) is 18.2 Å². The van der Waals surface area contributed by atoms with Crippen LogP contribution in [-0.4, -0.2) is 27.0 Å². The Morgan fingerprint density at radius 3 is 2.59 bits per heavy atom. The fraction of sp³-hybridized carbons (Fsp3) is 0.100. The molecule has 7 nitrogen and oxygen atoms in total. The summed E-state index contributed by atoms with van der Waals surface area (Å²) < 4.78 is 26.2. The van der Waals surface area contributed by atoms with Gasteiger partial charge < -0.3 is 11.1 Å².